The highest BCUT2D eigenvalue weighted by Crippen LogP contribution is 2.66. The molecule has 2 atom stereocenters. The van der Waals surface area contributed by atoms with Gasteiger partial charge in [0.25, 0.3) is 0 Å². The normalized spacial score (nSPS) is 30.8. The Bertz CT molecular complexity index is 707. The molecular weight excluding hydrogens is 236 g/mol. The molecule has 2 aromatic rings. The average molecular weight is 254 g/mol. The zero-order valence-corrected chi connectivity index (χ0v) is 11.6. The molecule has 0 unspecified atom stereocenters. The zero-order valence-electron chi connectivity index (χ0n) is 11.6. The lowest BCUT2D eigenvalue weighted by Gasteiger charge is -2.33. The molecule has 1 aromatic heterocycles. The molecule has 1 heterocycles. The Labute approximate surface area is 112 Å². The summed E-state index contributed by atoms with van der Waals surface area (Å²) in [6.45, 7) is 6.86. The van der Waals surface area contributed by atoms with Crippen LogP contribution in [-0.2, 0) is 5.41 Å². The first-order chi connectivity index (χ1) is 8.97. The van der Waals surface area contributed by atoms with Crippen molar-refractivity contribution in [1.82, 2.24) is 4.98 Å². The minimum atomic E-state index is 0.0448. The maximum atomic E-state index is 12.7. The first kappa shape index (κ1) is 11.2. The van der Waals surface area contributed by atoms with E-state index in [-0.39, 0.29) is 10.8 Å². The minimum Gasteiger partial charge on any atom is -0.618 e. The summed E-state index contributed by atoms with van der Waals surface area (Å²) in [4.78, 5) is 4.85. The minimum absolute atomic E-state index is 0.0448. The summed E-state index contributed by atoms with van der Waals surface area (Å²) in [7, 11) is 0. The topological polar surface area (TPSA) is 39.8 Å². The van der Waals surface area contributed by atoms with E-state index in [1.807, 2.05) is 24.3 Å². The second-order valence-electron chi connectivity index (χ2n) is 6.77. The monoisotopic (exact) mass is 254 g/mol. The van der Waals surface area contributed by atoms with Gasteiger partial charge in [0.05, 0.1) is 5.92 Å². The van der Waals surface area contributed by atoms with Gasteiger partial charge in [-0.3, -0.25) is 0 Å². The molecule has 98 valence electrons. The van der Waals surface area contributed by atoms with Gasteiger partial charge in [-0.05, 0) is 24.3 Å². The number of benzene rings is 1. The van der Waals surface area contributed by atoms with Gasteiger partial charge in [0.2, 0.25) is 11.2 Å². The second kappa shape index (κ2) is 3.09. The molecule has 1 fully saturated rings. The number of para-hydroxylation sites is 2. The Morgan fingerprint density at radius 3 is 2.79 bits per heavy atom. The Balaban J connectivity index is 2.14. The molecule has 0 N–H and O–H groups in total. The molecule has 0 saturated heterocycles. The SMILES string of the molecule is CC1(C)[C@@H]2CC[C@@]1(C)c1nc3ccccc3[n+]([O-])c12. The van der Waals surface area contributed by atoms with E-state index < -0.39 is 0 Å². The largest absolute Gasteiger partial charge is 0.618 e. The average Bonchev–Trinajstić information content (AvgIpc) is 2.71. The summed E-state index contributed by atoms with van der Waals surface area (Å²) in [5.74, 6) is 0.349. The molecule has 2 aliphatic rings. The quantitative estimate of drug-likeness (QED) is 0.535. The Morgan fingerprint density at radius 2 is 2.00 bits per heavy atom. The highest BCUT2D eigenvalue weighted by molar-refractivity contribution is 5.71. The predicted molar refractivity (Wildman–Crippen MR) is 73.8 cm³/mol. The first-order valence-electron chi connectivity index (χ1n) is 6.99. The van der Waals surface area contributed by atoms with Crippen molar-refractivity contribution in [2.45, 2.75) is 44.9 Å². The molecular formula is C16H18N2O. The van der Waals surface area contributed by atoms with Crippen LogP contribution in [0.2, 0.25) is 0 Å². The van der Waals surface area contributed by atoms with Crippen LogP contribution in [0.25, 0.3) is 11.0 Å². The maximum Gasteiger partial charge on any atom is 0.242 e. The third-order valence-corrected chi connectivity index (χ3v) is 5.87. The molecule has 4 rings (SSSR count). The van der Waals surface area contributed by atoms with E-state index in [0.717, 1.165) is 34.5 Å². The number of fused-ring (bicyclic) bond motifs is 6. The highest BCUT2D eigenvalue weighted by atomic mass is 16.5. The van der Waals surface area contributed by atoms with Crippen LogP contribution in [-0.4, -0.2) is 4.98 Å². The summed E-state index contributed by atoms with van der Waals surface area (Å²) in [5.41, 5.74) is 3.67. The van der Waals surface area contributed by atoms with E-state index in [9.17, 15) is 5.21 Å². The highest BCUT2D eigenvalue weighted by Gasteiger charge is 2.64. The number of nitrogens with zero attached hydrogens (tertiary/aromatic N) is 2. The van der Waals surface area contributed by atoms with Crippen molar-refractivity contribution in [3.63, 3.8) is 0 Å². The van der Waals surface area contributed by atoms with Gasteiger partial charge >= 0.3 is 0 Å². The van der Waals surface area contributed by atoms with Crippen molar-refractivity contribution < 1.29 is 4.73 Å². The number of hydrogen-bond acceptors (Lipinski definition) is 2. The van der Waals surface area contributed by atoms with E-state index >= 15 is 0 Å². The van der Waals surface area contributed by atoms with Gasteiger partial charge in [0.15, 0.2) is 0 Å². The van der Waals surface area contributed by atoms with Crippen LogP contribution in [0.3, 0.4) is 0 Å². The predicted octanol–water partition coefficient (Wildman–Crippen LogP) is 3.04. The lowest BCUT2D eigenvalue weighted by atomic mass is 9.70. The zero-order chi connectivity index (χ0) is 13.4. The molecule has 19 heavy (non-hydrogen) atoms. The van der Waals surface area contributed by atoms with Gasteiger partial charge in [0, 0.05) is 11.5 Å². The van der Waals surface area contributed by atoms with Crippen molar-refractivity contribution >= 4 is 11.0 Å². The van der Waals surface area contributed by atoms with Crippen LogP contribution in [0.4, 0.5) is 0 Å². The molecule has 3 nitrogen and oxygen atoms in total. The molecule has 1 saturated carbocycles. The molecule has 0 radical (unpaired) electrons. The summed E-state index contributed by atoms with van der Waals surface area (Å²) in [5, 5.41) is 12.7. The Kier molecular flexibility index (Phi) is 1.82. The molecule has 0 amide bonds. The Morgan fingerprint density at radius 1 is 1.26 bits per heavy atom. The molecule has 0 aliphatic heterocycles. The van der Waals surface area contributed by atoms with Crippen LogP contribution in [0.5, 0.6) is 0 Å². The fourth-order valence-electron chi connectivity index (χ4n) is 4.25. The van der Waals surface area contributed by atoms with Gasteiger partial charge in [0.1, 0.15) is 11.2 Å². The van der Waals surface area contributed by atoms with E-state index in [1.165, 1.54) is 0 Å². The smallest absolute Gasteiger partial charge is 0.242 e. The van der Waals surface area contributed by atoms with Gasteiger partial charge < -0.3 is 5.21 Å². The maximum absolute atomic E-state index is 12.7. The van der Waals surface area contributed by atoms with Crippen molar-refractivity contribution in [3.05, 3.63) is 40.9 Å². The number of aromatic nitrogens is 2. The molecule has 0 spiro atoms. The van der Waals surface area contributed by atoms with Crippen LogP contribution >= 0.6 is 0 Å². The standard InChI is InChI=1S/C16H18N2O/c1-15(2)10-8-9-16(15,3)14-13(10)18(19)12-7-5-4-6-11(12)17-14/h4-7,10H,8-9H2,1-3H3/t10-,16+/m1/s1. The van der Waals surface area contributed by atoms with Crippen molar-refractivity contribution in [3.8, 4) is 0 Å². The van der Waals surface area contributed by atoms with Gasteiger partial charge in [-0.25, -0.2) is 4.98 Å². The van der Waals surface area contributed by atoms with Crippen molar-refractivity contribution in [1.29, 1.82) is 0 Å². The lowest BCUT2D eigenvalue weighted by Crippen LogP contribution is -2.37. The van der Waals surface area contributed by atoms with Crippen LogP contribution < -0.4 is 4.73 Å². The number of rotatable bonds is 0. The third kappa shape index (κ3) is 1.06. The Hall–Kier alpha value is -1.64. The number of hydrogen-bond donors (Lipinski definition) is 0. The summed E-state index contributed by atoms with van der Waals surface area (Å²) < 4.78 is 1.15. The summed E-state index contributed by atoms with van der Waals surface area (Å²) in [6.07, 6.45) is 2.25. The van der Waals surface area contributed by atoms with E-state index in [2.05, 4.69) is 20.8 Å². The van der Waals surface area contributed by atoms with Crippen molar-refractivity contribution in [2.24, 2.45) is 5.41 Å². The van der Waals surface area contributed by atoms with Crippen molar-refractivity contribution in [2.75, 3.05) is 0 Å². The van der Waals surface area contributed by atoms with Crippen LogP contribution in [0, 0.1) is 10.6 Å². The van der Waals surface area contributed by atoms with E-state index in [4.69, 9.17) is 4.98 Å². The molecule has 2 bridgehead atoms. The van der Waals surface area contributed by atoms with Gasteiger partial charge in [-0.1, -0.05) is 32.9 Å². The molecule has 2 aliphatic carbocycles. The van der Waals surface area contributed by atoms with E-state index in [1.54, 1.807) is 0 Å². The fraction of sp³-hybridized carbons (Fsp3) is 0.500. The molecule has 1 aromatic carbocycles. The van der Waals surface area contributed by atoms with Crippen LogP contribution in [0.15, 0.2) is 24.3 Å². The van der Waals surface area contributed by atoms with E-state index in [0.29, 0.717) is 11.4 Å². The van der Waals surface area contributed by atoms with Crippen LogP contribution in [0.1, 0.15) is 50.9 Å². The first-order valence-corrected chi connectivity index (χ1v) is 6.99. The van der Waals surface area contributed by atoms with Gasteiger partial charge in [-0.15, -0.1) is 0 Å². The van der Waals surface area contributed by atoms with Gasteiger partial charge in [-0.2, -0.15) is 4.73 Å². The third-order valence-electron chi connectivity index (χ3n) is 5.87. The second-order valence-corrected chi connectivity index (χ2v) is 6.77. The lowest BCUT2D eigenvalue weighted by molar-refractivity contribution is -0.588. The molecule has 3 heteroatoms. The summed E-state index contributed by atoms with van der Waals surface area (Å²) in [6, 6.07) is 7.66. The summed E-state index contributed by atoms with van der Waals surface area (Å²) >= 11 is 0. The fourth-order valence-corrected chi connectivity index (χ4v) is 4.25.